The molecule has 0 aliphatic heterocycles. The van der Waals surface area contributed by atoms with Crippen molar-refractivity contribution in [2.24, 2.45) is 0 Å². The van der Waals surface area contributed by atoms with Crippen LogP contribution in [0.15, 0.2) is 29.2 Å². The molecule has 0 atom stereocenters. The van der Waals surface area contributed by atoms with Gasteiger partial charge in [0.15, 0.2) is 0 Å². The molecule has 0 spiro atoms. The van der Waals surface area contributed by atoms with Gasteiger partial charge in [0.05, 0.1) is 23.3 Å². The molecule has 6 nitrogen and oxygen atoms in total. The minimum Gasteiger partial charge on any atom is -0.372 e. The monoisotopic (exact) mass is 391 g/mol. The lowest BCUT2D eigenvalue weighted by molar-refractivity contribution is -0.144. The molecule has 144 valence electrons. The molecular weight excluding hydrogens is 380 g/mol. The average Bonchev–Trinajstić information content (AvgIpc) is 3.05. The number of rotatable bonds is 3. The van der Waals surface area contributed by atoms with Crippen molar-refractivity contribution in [1.29, 1.82) is 0 Å². The van der Waals surface area contributed by atoms with E-state index in [-0.39, 0.29) is 22.4 Å². The second kappa shape index (κ2) is 6.28. The predicted octanol–water partition coefficient (Wildman–Crippen LogP) is 3.25. The van der Waals surface area contributed by atoms with Gasteiger partial charge in [-0.15, -0.1) is 0 Å². The van der Waals surface area contributed by atoms with E-state index in [0.717, 1.165) is 29.0 Å². The zero-order valence-electron chi connectivity index (χ0n) is 13.5. The number of nitrogens with one attached hydrogen (secondary N) is 2. The highest BCUT2D eigenvalue weighted by molar-refractivity contribution is 5.89. The maximum atomic E-state index is 13.0. The summed E-state index contributed by atoms with van der Waals surface area (Å²) in [4.78, 5) is 21.2. The van der Waals surface area contributed by atoms with E-state index in [9.17, 15) is 31.1 Å². The van der Waals surface area contributed by atoms with Crippen LogP contribution in [0.1, 0.15) is 17.1 Å². The Morgan fingerprint density at radius 2 is 1.81 bits per heavy atom. The molecule has 0 radical (unpaired) electrons. The maximum absolute atomic E-state index is 13.0. The summed E-state index contributed by atoms with van der Waals surface area (Å²) in [6.07, 6.45) is -8.45. The molecule has 12 heteroatoms. The molecule has 2 N–H and O–H groups in total. The number of aromatic nitrogens is 4. The smallest absolute Gasteiger partial charge is 0.372 e. The molecule has 0 aliphatic carbocycles. The lowest BCUT2D eigenvalue weighted by Crippen LogP contribution is -2.25. The van der Waals surface area contributed by atoms with Crippen molar-refractivity contribution in [1.82, 2.24) is 19.5 Å². The van der Waals surface area contributed by atoms with Gasteiger partial charge >= 0.3 is 18.0 Å². The molecule has 2 heterocycles. The number of anilines is 1. The molecule has 0 unspecified atom stereocenters. The van der Waals surface area contributed by atoms with E-state index in [4.69, 9.17) is 0 Å². The Balaban J connectivity index is 2.17. The van der Waals surface area contributed by atoms with Gasteiger partial charge in [0.2, 0.25) is 5.82 Å². The van der Waals surface area contributed by atoms with Crippen molar-refractivity contribution in [3.8, 4) is 0 Å². The minimum absolute atomic E-state index is 0.0537. The van der Waals surface area contributed by atoms with E-state index in [1.807, 2.05) is 4.98 Å². The van der Waals surface area contributed by atoms with E-state index in [2.05, 4.69) is 15.3 Å². The SMILES string of the molecule is CNc1nc(=O)n(Cc2c[nH]c(C(F)(F)F)n2)c2cc(C(F)(F)F)ccc12. The Kier molecular flexibility index (Phi) is 4.36. The van der Waals surface area contributed by atoms with Crippen molar-refractivity contribution in [3.63, 3.8) is 0 Å². The fourth-order valence-corrected chi connectivity index (χ4v) is 2.54. The predicted molar refractivity (Wildman–Crippen MR) is 83.2 cm³/mol. The topological polar surface area (TPSA) is 75.6 Å². The van der Waals surface area contributed by atoms with Crippen LogP contribution in [0.5, 0.6) is 0 Å². The molecule has 0 bridgehead atoms. The van der Waals surface area contributed by atoms with Gasteiger partial charge in [-0.1, -0.05) is 0 Å². The average molecular weight is 391 g/mol. The van der Waals surface area contributed by atoms with Crippen LogP contribution in [0.4, 0.5) is 32.2 Å². The van der Waals surface area contributed by atoms with Crippen LogP contribution in [-0.2, 0) is 18.9 Å². The number of H-pyrrole nitrogens is 1. The second-order valence-corrected chi connectivity index (χ2v) is 5.55. The van der Waals surface area contributed by atoms with E-state index < -0.39 is 36.0 Å². The first kappa shape index (κ1) is 18.7. The van der Waals surface area contributed by atoms with E-state index in [1.165, 1.54) is 7.05 Å². The molecule has 1 aromatic carbocycles. The summed E-state index contributed by atoms with van der Waals surface area (Å²) in [6.45, 7) is -0.486. The third-order valence-electron chi connectivity index (χ3n) is 3.77. The van der Waals surface area contributed by atoms with Crippen molar-refractivity contribution >= 4 is 16.7 Å². The number of nitrogens with zero attached hydrogens (tertiary/aromatic N) is 3. The normalized spacial score (nSPS) is 12.6. The van der Waals surface area contributed by atoms with E-state index >= 15 is 0 Å². The summed E-state index contributed by atoms with van der Waals surface area (Å²) in [5.41, 5.74) is -2.25. The molecule has 0 saturated heterocycles. The Morgan fingerprint density at radius 3 is 2.37 bits per heavy atom. The summed E-state index contributed by atoms with van der Waals surface area (Å²) < 4.78 is 77.9. The number of benzene rings is 1. The summed E-state index contributed by atoms with van der Waals surface area (Å²) in [5.74, 6) is -1.22. The van der Waals surface area contributed by atoms with Gasteiger partial charge in [0.25, 0.3) is 0 Å². The van der Waals surface area contributed by atoms with Crippen molar-refractivity contribution in [2.45, 2.75) is 18.9 Å². The van der Waals surface area contributed by atoms with Crippen LogP contribution in [-0.4, -0.2) is 26.6 Å². The molecule has 0 aliphatic rings. The molecular formula is C15H11F6N5O. The summed E-state index contributed by atoms with van der Waals surface area (Å²) in [7, 11) is 1.44. The second-order valence-electron chi connectivity index (χ2n) is 5.55. The zero-order valence-corrected chi connectivity index (χ0v) is 13.5. The van der Waals surface area contributed by atoms with E-state index in [0.29, 0.717) is 0 Å². The number of hydrogen-bond donors (Lipinski definition) is 2. The number of hydrogen-bond acceptors (Lipinski definition) is 4. The highest BCUT2D eigenvalue weighted by Crippen LogP contribution is 2.32. The van der Waals surface area contributed by atoms with Gasteiger partial charge in [-0.05, 0) is 18.2 Å². The fraction of sp³-hybridized carbons (Fsp3) is 0.267. The van der Waals surface area contributed by atoms with Crippen LogP contribution in [0.2, 0.25) is 0 Å². The van der Waals surface area contributed by atoms with Gasteiger partial charge in [0, 0.05) is 18.6 Å². The third kappa shape index (κ3) is 3.59. The maximum Gasteiger partial charge on any atom is 0.449 e. The first-order valence-corrected chi connectivity index (χ1v) is 7.41. The number of aromatic amines is 1. The van der Waals surface area contributed by atoms with Crippen LogP contribution in [0, 0.1) is 0 Å². The fourth-order valence-electron chi connectivity index (χ4n) is 2.54. The zero-order chi connectivity index (χ0) is 20.0. The molecule has 27 heavy (non-hydrogen) atoms. The number of alkyl halides is 6. The van der Waals surface area contributed by atoms with Crippen LogP contribution >= 0.6 is 0 Å². The number of halogens is 6. The molecule has 3 rings (SSSR count). The molecule has 0 saturated carbocycles. The van der Waals surface area contributed by atoms with Crippen molar-refractivity contribution in [3.05, 3.63) is 52.0 Å². The summed E-state index contributed by atoms with van der Waals surface area (Å²) >= 11 is 0. The number of imidazole rings is 1. The highest BCUT2D eigenvalue weighted by Gasteiger charge is 2.34. The van der Waals surface area contributed by atoms with Crippen molar-refractivity contribution in [2.75, 3.05) is 12.4 Å². The molecule has 3 aromatic rings. The lowest BCUT2D eigenvalue weighted by atomic mass is 10.1. The molecule has 2 aromatic heterocycles. The van der Waals surface area contributed by atoms with Gasteiger partial charge in [0.1, 0.15) is 5.82 Å². The van der Waals surface area contributed by atoms with Gasteiger partial charge in [-0.3, -0.25) is 4.57 Å². The van der Waals surface area contributed by atoms with Crippen LogP contribution in [0.25, 0.3) is 10.9 Å². The quantitative estimate of drug-likeness (QED) is 0.673. The molecule has 0 fully saturated rings. The molecule has 0 amide bonds. The van der Waals surface area contributed by atoms with Crippen LogP contribution < -0.4 is 11.0 Å². The van der Waals surface area contributed by atoms with Gasteiger partial charge in [-0.2, -0.15) is 31.3 Å². The van der Waals surface area contributed by atoms with Crippen LogP contribution in [0.3, 0.4) is 0 Å². The Hall–Kier alpha value is -3.05. The number of fused-ring (bicyclic) bond motifs is 1. The lowest BCUT2D eigenvalue weighted by Gasteiger charge is -2.14. The Morgan fingerprint density at radius 1 is 1.11 bits per heavy atom. The first-order valence-electron chi connectivity index (χ1n) is 7.41. The third-order valence-corrected chi connectivity index (χ3v) is 3.77. The van der Waals surface area contributed by atoms with E-state index in [1.54, 1.807) is 0 Å². The standard InChI is InChI=1S/C15H11F6N5O/c1-22-11-9-3-2-7(14(16,17)18)4-10(9)26(13(27)25-11)6-8-5-23-12(24-8)15(19,20)21/h2-5H,6H2,1H3,(H,23,24)(H,22,25,27). The Labute approximate surface area is 146 Å². The highest BCUT2D eigenvalue weighted by atomic mass is 19.4. The first-order chi connectivity index (χ1) is 12.5. The minimum atomic E-state index is -4.72. The van der Waals surface area contributed by atoms with Gasteiger partial charge < -0.3 is 10.3 Å². The largest absolute Gasteiger partial charge is 0.449 e. The summed E-state index contributed by atoms with van der Waals surface area (Å²) in [5, 5.41) is 2.81. The van der Waals surface area contributed by atoms with Gasteiger partial charge in [-0.25, -0.2) is 9.78 Å². The Bertz CT molecular complexity index is 1050. The summed E-state index contributed by atoms with van der Waals surface area (Å²) in [6, 6.07) is 2.71. The van der Waals surface area contributed by atoms with Crippen molar-refractivity contribution < 1.29 is 26.3 Å².